The summed E-state index contributed by atoms with van der Waals surface area (Å²) in [7, 11) is -4.02. The first-order chi connectivity index (χ1) is 15.1. The fourth-order valence-electron chi connectivity index (χ4n) is 3.84. The number of carbonyl (C=O) groups excluding carboxylic acids is 1. The first-order valence-corrected chi connectivity index (χ1v) is 12.2. The zero-order valence-corrected chi connectivity index (χ0v) is 20.0. The maximum atomic E-state index is 13.5. The summed E-state index contributed by atoms with van der Waals surface area (Å²) in [6.45, 7) is 9.05. The van der Waals surface area contributed by atoms with Gasteiger partial charge in [0.2, 0.25) is 0 Å². The number of amides is 1. The largest absolute Gasteiger partial charge is 0.449 e. The van der Waals surface area contributed by atoms with Crippen LogP contribution in [0.5, 0.6) is 0 Å². The van der Waals surface area contributed by atoms with Crippen molar-refractivity contribution in [3.8, 4) is 0 Å². The maximum absolute atomic E-state index is 13.5. The Labute approximate surface area is 192 Å². The van der Waals surface area contributed by atoms with E-state index in [9.17, 15) is 13.2 Å². The zero-order chi connectivity index (χ0) is 23.2. The van der Waals surface area contributed by atoms with Crippen molar-refractivity contribution in [3.63, 3.8) is 0 Å². The molecule has 0 atom stereocenters. The molecule has 0 radical (unpaired) electrons. The summed E-state index contributed by atoms with van der Waals surface area (Å²) in [5.41, 5.74) is 3.33. The summed E-state index contributed by atoms with van der Waals surface area (Å²) in [5.74, 6) is -0.110. The molecule has 1 N–H and O–H groups in total. The summed E-state index contributed by atoms with van der Waals surface area (Å²) in [6, 6.07) is 6.83. The van der Waals surface area contributed by atoms with Crippen LogP contribution in [0.3, 0.4) is 0 Å². The van der Waals surface area contributed by atoms with Gasteiger partial charge in [-0.15, -0.1) is 0 Å². The van der Waals surface area contributed by atoms with E-state index in [1.165, 1.54) is 0 Å². The van der Waals surface area contributed by atoms with E-state index in [0.29, 0.717) is 53.5 Å². The number of ether oxygens (including phenoxy) is 1. The normalized spacial score (nSPS) is 14.7. The van der Waals surface area contributed by atoms with E-state index >= 15 is 0 Å². The number of halogens is 1. The third-order valence-electron chi connectivity index (χ3n) is 5.88. The zero-order valence-electron chi connectivity index (χ0n) is 18.4. The van der Waals surface area contributed by atoms with Gasteiger partial charge in [-0.3, -0.25) is 9.52 Å². The molecule has 0 aliphatic carbocycles. The van der Waals surface area contributed by atoms with Crippen molar-refractivity contribution < 1.29 is 22.4 Å². The highest BCUT2D eigenvalue weighted by molar-refractivity contribution is 7.93. The molecule has 170 valence electrons. The Morgan fingerprint density at radius 1 is 1.03 bits per heavy atom. The Kier molecular flexibility index (Phi) is 5.96. The number of benzene rings is 2. The van der Waals surface area contributed by atoms with Gasteiger partial charge in [-0.25, -0.2) is 8.42 Å². The minimum Gasteiger partial charge on any atom is -0.449 e. The summed E-state index contributed by atoms with van der Waals surface area (Å²) in [4.78, 5) is 14.8. The number of sulfonamides is 1. The van der Waals surface area contributed by atoms with Gasteiger partial charge >= 0.3 is 0 Å². The molecule has 1 fully saturated rings. The summed E-state index contributed by atoms with van der Waals surface area (Å²) in [5, 5.41) is 1.07. The number of fused-ring (bicyclic) bond motifs is 1. The third-order valence-corrected chi connectivity index (χ3v) is 7.82. The minimum absolute atomic E-state index is 0.0216. The van der Waals surface area contributed by atoms with E-state index in [1.807, 2.05) is 19.9 Å². The second kappa shape index (κ2) is 8.42. The molecule has 4 rings (SSSR count). The Hall–Kier alpha value is -2.55. The van der Waals surface area contributed by atoms with Crippen LogP contribution in [0.1, 0.15) is 32.8 Å². The SMILES string of the molecule is Cc1ccc(NS(=O)(=O)c2c(C)c(C)cc3c(C)c(C(=O)N4CCOCC4)oc23)cc1Cl. The fraction of sp³-hybridized carbons (Fsp3) is 0.348. The second-order valence-corrected chi connectivity index (χ2v) is 10.1. The van der Waals surface area contributed by atoms with Crippen LogP contribution in [-0.2, 0) is 14.8 Å². The molecule has 9 heteroatoms. The highest BCUT2D eigenvalue weighted by Crippen LogP contribution is 2.36. The predicted octanol–water partition coefficient (Wildman–Crippen LogP) is 4.59. The van der Waals surface area contributed by atoms with Crippen LogP contribution in [0.25, 0.3) is 11.0 Å². The van der Waals surface area contributed by atoms with Gasteiger partial charge in [0, 0.05) is 29.1 Å². The lowest BCUT2D eigenvalue weighted by atomic mass is 10.0. The number of carbonyl (C=O) groups is 1. The van der Waals surface area contributed by atoms with E-state index < -0.39 is 10.0 Å². The summed E-state index contributed by atoms with van der Waals surface area (Å²) < 4.78 is 40.8. The molecule has 1 aromatic heterocycles. The molecule has 0 spiro atoms. The number of anilines is 1. The molecule has 2 aromatic carbocycles. The monoisotopic (exact) mass is 476 g/mol. The van der Waals surface area contributed by atoms with Gasteiger partial charge in [-0.05, 0) is 62.6 Å². The van der Waals surface area contributed by atoms with Crippen molar-refractivity contribution in [1.82, 2.24) is 4.90 Å². The van der Waals surface area contributed by atoms with Crippen LogP contribution in [0, 0.1) is 27.7 Å². The molecule has 1 amide bonds. The van der Waals surface area contributed by atoms with E-state index in [1.54, 1.807) is 36.9 Å². The molecule has 32 heavy (non-hydrogen) atoms. The van der Waals surface area contributed by atoms with Gasteiger partial charge < -0.3 is 14.1 Å². The third kappa shape index (κ3) is 3.98. The van der Waals surface area contributed by atoms with Gasteiger partial charge in [-0.2, -0.15) is 0 Å². The predicted molar refractivity (Wildman–Crippen MR) is 124 cm³/mol. The Bertz CT molecular complexity index is 1320. The molecule has 1 saturated heterocycles. The van der Waals surface area contributed by atoms with Gasteiger partial charge in [0.25, 0.3) is 15.9 Å². The quantitative estimate of drug-likeness (QED) is 0.594. The molecule has 0 saturated carbocycles. The van der Waals surface area contributed by atoms with Gasteiger partial charge in [0.15, 0.2) is 11.3 Å². The second-order valence-electron chi connectivity index (χ2n) is 8.05. The van der Waals surface area contributed by atoms with Crippen molar-refractivity contribution in [2.45, 2.75) is 32.6 Å². The summed E-state index contributed by atoms with van der Waals surface area (Å²) >= 11 is 6.17. The topological polar surface area (TPSA) is 88.9 Å². The van der Waals surface area contributed by atoms with Crippen LogP contribution >= 0.6 is 11.6 Å². The van der Waals surface area contributed by atoms with Gasteiger partial charge in [0.1, 0.15) is 4.90 Å². The number of morpholine rings is 1. The number of nitrogens with zero attached hydrogens (tertiary/aromatic N) is 1. The minimum atomic E-state index is -4.02. The van der Waals surface area contributed by atoms with Crippen molar-refractivity contribution in [2.75, 3.05) is 31.0 Å². The first-order valence-electron chi connectivity index (χ1n) is 10.3. The Balaban J connectivity index is 1.84. The first kappa shape index (κ1) is 22.6. The number of aryl methyl sites for hydroxylation is 3. The molecule has 3 aromatic rings. The lowest BCUT2D eigenvalue weighted by Crippen LogP contribution is -2.40. The number of rotatable bonds is 4. The van der Waals surface area contributed by atoms with Crippen molar-refractivity contribution >= 4 is 44.2 Å². The van der Waals surface area contributed by atoms with E-state index in [0.717, 1.165) is 11.1 Å². The van der Waals surface area contributed by atoms with Gasteiger partial charge in [-0.1, -0.05) is 17.7 Å². The van der Waals surface area contributed by atoms with Crippen molar-refractivity contribution in [2.24, 2.45) is 0 Å². The molecule has 1 aliphatic rings. The highest BCUT2D eigenvalue weighted by atomic mass is 35.5. The highest BCUT2D eigenvalue weighted by Gasteiger charge is 2.30. The molecule has 1 aliphatic heterocycles. The van der Waals surface area contributed by atoms with Crippen LogP contribution in [0.4, 0.5) is 5.69 Å². The van der Waals surface area contributed by atoms with E-state index in [-0.39, 0.29) is 22.1 Å². The lowest BCUT2D eigenvalue weighted by molar-refractivity contribution is 0.0283. The molecular weight excluding hydrogens is 452 g/mol. The standard InChI is InChI=1S/C23H25ClN2O5S/c1-13-5-6-17(12-19(13)24)25-32(28,29)22-15(3)14(2)11-18-16(4)20(31-21(18)22)23(27)26-7-9-30-10-8-26/h5-6,11-12,25H,7-10H2,1-4H3. The van der Waals surface area contributed by atoms with E-state index in [2.05, 4.69) is 4.72 Å². The number of furan rings is 1. The number of hydrogen-bond donors (Lipinski definition) is 1. The number of nitrogens with one attached hydrogen (secondary N) is 1. The molecule has 2 heterocycles. The van der Waals surface area contributed by atoms with Crippen molar-refractivity contribution in [1.29, 1.82) is 0 Å². The van der Waals surface area contributed by atoms with Gasteiger partial charge in [0.05, 0.1) is 18.9 Å². The average Bonchev–Trinajstić information content (AvgIpc) is 3.07. The average molecular weight is 477 g/mol. The molecule has 0 unspecified atom stereocenters. The molecular formula is C23H25ClN2O5S. The fourth-order valence-corrected chi connectivity index (χ4v) is 5.52. The maximum Gasteiger partial charge on any atom is 0.290 e. The van der Waals surface area contributed by atoms with Crippen LogP contribution in [-0.4, -0.2) is 45.5 Å². The Morgan fingerprint density at radius 3 is 2.38 bits per heavy atom. The van der Waals surface area contributed by atoms with Crippen LogP contribution in [0.2, 0.25) is 5.02 Å². The van der Waals surface area contributed by atoms with Crippen molar-refractivity contribution in [3.05, 3.63) is 57.3 Å². The Morgan fingerprint density at radius 2 is 1.72 bits per heavy atom. The van der Waals surface area contributed by atoms with E-state index in [4.69, 9.17) is 20.8 Å². The smallest absolute Gasteiger partial charge is 0.290 e. The summed E-state index contributed by atoms with van der Waals surface area (Å²) in [6.07, 6.45) is 0. The van der Waals surface area contributed by atoms with Crippen LogP contribution in [0.15, 0.2) is 33.6 Å². The number of hydrogen-bond acceptors (Lipinski definition) is 5. The lowest BCUT2D eigenvalue weighted by Gasteiger charge is -2.26. The van der Waals surface area contributed by atoms with Crippen LogP contribution < -0.4 is 4.72 Å². The molecule has 7 nitrogen and oxygen atoms in total. The molecule has 0 bridgehead atoms.